The summed E-state index contributed by atoms with van der Waals surface area (Å²) in [7, 11) is 0. The van der Waals surface area contributed by atoms with E-state index in [4.69, 9.17) is 10.6 Å². The molecule has 1 aliphatic rings. The van der Waals surface area contributed by atoms with E-state index < -0.39 is 0 Å². The lowest BCUT2D eigenvalue weighted by molar-refractivity contribution is -0.187. The van der Waals surface area contributed by atoms with Crippen molar-refractivity contribution in [1.82, 2.24) is 5.06 Å². The highest BCUT2D eigenvalue weighted by atomic mass is 19.1. The van der Waals surface area contributed by atoms with Gasteiger partial charge in [-0.25, -0.2) is 4.39 Å². The van der Waals surface area contributed by atoms with Crippen molar-refractivity contribution in [3.8, 4) is 0 Å². The molecule has 1 aliphatic heterocycles. The lowest BCUT2D eigenvalue weighted by Crippen LogP contribution is -2.29. The van der Waals surface area contributed by atoms with Crippen molar-refractivity contribution in [1.29, 1.82) is 0 Å². The van der Waals surface area contributed by atoms with Crippen LogP contribution in [0.25, 0.3) is 0 Å². The number of hydrogen-bond donors (Lipinski definition) is 1. The van der Waals surface area contributed by atoms with Crippen LogP contribution < -0.4 is 5.73 Å². The number of rotatable bonds is 2. The maximum Gasteiger partial charge on any atom is 0.150 e. The van der Waals surface area contributed by atoms with Gasteiger partial charge in [-0.05, 0) is 18.9 Å². The van der Waals surface area contributed by atoms with Gasteiger partial charge in [0.1, 0.15) is 0 Å². The summed E-state index contributed by atoms with van der Waals surface area (Å²) in [6.45, 7) is 2.05. The molecule has 1 saturated heterocycles. The summed E-state index contributed by atoms with van der Waals surface area (Å²) < 4.78 is 13.5. The Bertz CT molecular complexity index is 337. The molecule has 0 amide bonds. The van der Waals surface area contributed by atoms with Crippen LogP contribution in [0.15, 0.2) is 18.2 Å². The van der Waals surface area contributed by atoms with E-state index in [1.165, 1.54) is 0 Å². The number of hydroxylamine groups is 2. The standard InChI is InChI=1S/C11H15FN2O/c12-11-9(4-3-5-10(11)13)8-14-6-1-2-7-15-14/h3-5H,1-2,6-8,13H2. The van der Waals surface area contributed by atoms with Crippen molar-refractivity contribution >= 4 is 5.69 Å². The van der Waals surface area contributed by atoms with Gasteiger partial charge in [0.2, 0.25) is 0 Å². The summed E-state index contributed by atoms with van der Waals surface area (Å²) in [5.41, 5.74) is 6.28. The number of benzene rings is 1. The van der Waals surface area contributed by atoms with Gasteiger partial charge in [-0.15, -0.1) is 0 Å². The number of nitrogens with two attached hydrogens (primary N) is 1. The zero-order chi connectivity index (χ0) is 10.7. The quantitative estimate of drug-likeness (QED) is 0.758. The molecule has 0 aliphatic carbocycles. The van der Waals surface area contributed by atoms with Crippen LogP contribution in [0.3, 0.4) is 0 Å². The first-order valence-corrected chi connectivity index (χ1v) is 5.18. The summed E-state index contributed by atoms with van der Waals surface area (Å²) in [4.78, 5) is 5.40. The average Bonchev–Trinajstić information content (AvgIpc) is 2.26. The minimum Gasteiger partial charge on any atom is -0.396 e. The molecule has 0 aromatic heterocycles. The molecule has 2 N–H and O–H groups in total. The minimum absolute atomic E-state index is 0.199. The van der Waals surface area contributed by atoms with Gasteiger partial charge < -0.3 is 5.73 Å². The first-order valence-electron chi connectivity index (χ1n) is 5.18. The van der Waals surface area contributed by atoms with Gasteiger partial charge in [0.25, 0.3) is 0 Å². The van der Waals surface area contributed by atoms with Gasteiger partial charge in [0.15, 0.2) is 5.82 Å². The Labute approximate surface area is 88.6 Å². The molecule has 0 atom stereocenters. The van der Waals surface area contributed by atoms with E-state index in [1.807, 2.05) is 0 Å². The Balaban J connectivity index is 2.06. The van der Waals surface area contributed by atoms with Gasteiger partial charge in [-0.3, -0.25) is 4.84 Å². The smallest absolute Gasteiger partial charge is 0.150 e. The summed E-state index contributed by atoms with van der Waals surface area (Å²) in [5.74, 6) is -0.327. The number of halogens is 1. The van der Waals surface area contributed by atoms with Gasteiger partial charge in [-0.2, -0.15) is 5.06 Å². The van der Waals surface area contributed by atoms with Crippen LogP contribution in [0.2, 0.25) is 0 Å². The van der Waals surface area contributed by atoms with Gasteiger partial charge in [0.05, 0.1) is 18.8 Å². The second-order valence-electron chi connectivity index (χ2n) is 3.72. The first kappa shape index (κ1) is 10.4. The highest BCUT2D eigenvalue weighted by molar-refractivity contribution is 5.42. The fourth-order valence-corrected chi connectivity index (χ4v) is 1.68. The number of hydrogen-bond acceptors (Lipinski definition) is 3. The largest absolute Gasteiger partial charge is 0.396 e. The molecule has 0 radical (unpaired) electrons. The van der Waals surface area contributed by atoms with Crippen LogP contribution in [0.1, 0.15) is 18.4 Å². The third-order valence-corrected chi connectivity index (χ3v) is 2.53. The molecule has 3 nitrogen and oxygen atoms in total. The molecule has 1 fully saturated rings. The Morgan fingerprint density at radius 1 is 1.40 bits per heavy atom. The third-order valence-electron chi connectivity index (χ3n) is 2.53. The Kier molecular flexibility index (Phi) is 3.18. The molecule has 0 unspecified atom stereocenters. The van der Waals surface area contributed by atoms with E-state index in [-0.39, 0.29) is 11.5 Å². The molecule has 0 spiro atoms. The van der Waals surface area contributed by atoms with E-state index in [0.717, 1.165) is 26.0 Å². The van der Waals surface area contributed by atoms with Gasteiger partial charge in [-0.1, -0.05) is 12.1 Å². The summed E-state index contributed by atoms with van der Waals surface area (Å²) in [6.07, 6.45) is 2.18. The van der Waals surface area contributed by atoms with E-state index in [9.17, 15) is 4.39 Å². The zero-order valence-electron chi connectivity index (χ0n) is 8.58. The SMILES string of the molecule is Nc1cccc(CN2CCCCO2)c1F. The maximum atomic E-state index is 13.5. The van der Waals surface area contributed by atoms with Gasteiger partial charge >= 0.3 is 0 Å². The fraction of sp³-hybridized carbons (Fsp3) is 0.455. The van der Waals surface area contributed by atoms with Crippen LogP contribution in [-0.4, -0.2) is 18.2 Å². The van der Waals surface area contributed by atoms with Crippen molar-refractivity contribution < 1.29 is 9.23 Å². The maximum absolute atomic E-state index is 13.5. The number of nitrogen functional groups attached to an aromatic ring is 1. The molecule has 1 heterocycles. The van der Waals surface area contributed by atoms with Gasteiger partial charge in [0, 0.05) is 12.1 Å². The van der Waals surface area contributed by atoms with Crippen molar-refractivity contribution in [3.63, 3.8) is 0 Å². The molecule has 1 aromatic carbocycles. The molecule has 1 aromatic rings. The van der Waals surface area contributed by atoms with Crippen LogP contribution >= 0.6 is 0 Å². The van der Waals surface area contributed by atoms with Crippen LogP contribution in [-0.2, 0) is 11.4 Å². The molecule has 0 bridgehead atoms. The van der Waals surface area contributed by atoms with E-state index in [1.54, 1.807) is 23.3 Å². The van der Waals surface area contributed by atoms with E-state index in [2.05, 4.69) is 0 Å². The molecular formula is C11H15FN2O. The second kappa shape index (κ2) is 4.59. The predicted octanol–water partition coefficient (Wildman–Crippen LogP) is 1.94. The van der Waals surface area contributed by atoms with Crippen molar-refractivity contribution in [3.05, 3.63) is 29.6 Å². The van der Waals surface area contributed by atoms with Crippen LogP contribution in [0.5, 0.6) is 0 Å². The molecule has 15 heavy (non-hydrogen) atoms. The first-order chi connectivity index (χ1) is 7.27. The summed E-state index contributed by atoms with van der Waals surface area (Å²) in [6, 6.07) is 5.07. The summed E-state index contributed by atoms with van der Waals surface area (Å²) in [5, 5.41) is 1.79. The summed E-state index contributed by atoms with van der Waals surface area (Å²) >= 11 is 0. The topological polar surface area (TPSA) is 38.5 Å². The van der Waals surface area contributed by atoms with Crippen molar-refractivity contribution in [2.45, 2.75) is 19.4 Å². The monoisotopic (exact) mass is 210 g/mol. The molecule has 82 valence electrons. The van der Waals surface area contributed by atoms with Crippen LogP contribution in [0, 0.1) is 5.82 Å². The fourth-order valence-electron chi connectivity index (χ4n) is 1.68. The highest BCUT2D eigenvalue weighted by Crippen LogP contribution is 2.18. The van der Waals surface area contributed by atoms with E-state index in [0.29, 0.717) is 12.1 Å². The number of anilines is 1. The van der Waals surface area contributed by atoms with Crippen LogP contribution in [0.4, 0.5) is 10.1 Å². The Morgan fingerprint density at radius 3 is 3.00 bits per heavy atom. The minimum atomic E-state index is -0.327. The van der Waals surface area contributed by atoms with Crippen molar-refractivity contribution in [2.75, 3.05) is 18.9 Å². The zero-order valence-corrected chi connectivity index (χ0v) is 8.58. The molecular weight excluding hydrogens is 195 g/mol. The number of nitrogens with zero attached hydrogens (tertiary/aromatic N) is 1. The normalized spacial score (nSPS) is 17.9. The Morgan fingerprint density at radius 2 is 2.27 bits per heavy atom. The molecule has 0 saturated carbocycles. The Hall–Kier alpha value is -1.13. The van der Waals surface area contributed by atoms with E-state index >= 15 is 0 Å². The molecule has 2 rings (SSSR count). The lowest BCUT2D eigenvalue weighted by Gasteiger charge is -2.26. The lowest BCUT2D eigenvalue weighted by atomic mass is 10.1. The second-order valence-corrected chi connectivity index (χ2v) is 3.72. The molecule has 4 heteroatoms. The van der Waals surface area contributed by atoms with Crippen molar-refractivity contribution in [2.24, 2.45) is 0 Å². The predicted molar refractivity (Wildman–Crippen MR) is 56.4 cm³/mol. The highest BCUT2D eigenvalue weighted by Gasteiger charge is 2.14. The average molecular weight is 210 g/mol. The third kappa shape index (κ3) is 2.46.